The molecule has 0 saturated heterocycles. The fourth-order valence-corrected chi connectivity index (χ4v) is 1.86. The van der Waals surface area contributed by atoms with Crippen LogP contribution in [0, 0.1) is 11.7 Å². The van der Waals surface area contributed by atoms with Crippen LogP contribution >= 0.6 is 0 Å². The van der Waals surface area contributed by atoms with Crippen molar-refractivity contribution in [1.29, 1.82) is 0 Å². The molecule has 0 saturated carbocycles. The third kappa shape index (κ3) is 3.93. The average molecular weight is 282 g/mol. The van der Waals surface area contributed by atoms with Crippen molar-refractivity contribution in [1.82, 2.24) is 5.32 Å². The SMILES string of the molecule is CC[C@H](C)[C@H](N)C(=O)NC(C)c1ccc(OC)c(F)c1. The van der Waals surface area contributed by atoms with Gasteiger partial charge in [0.25, 0.3) is 0 Å². The first-order valence-corrected chi connectivity index (χ1v) is 6.80. The van der Waals surface area contributed by atoms with Gasteiger partial charge in [0.15, 0.2) is 11.6 Å². The molecule has 3 atom stereocenters. The van der Waals surface area contributed by atoms with Gasteiger partial charge in [-0.1, -0.05) is 26.3 Å². The quantitative estimate of drug-likeness (QED) is 0.842. The first kappa shape index (κ1) is 16.4. The average Bonchev–Trinajstić information content (AvgIpc) is 2.45. The Balaban J connectivity index is 2.73. The molecule has 0 spiro atoms. The smallest absolute Gasteiger partial charge is 0.237 e. The fraction of sp³-hybridized carbons (Fsp3) is 0.533. The van der Waals surface area contributed by atoms with Crippen LogP contribution < -0.4 is 15.8 Å². The zero-order valence-electron chi connectivity index (χ0n) is 12.4. The van der Waals surface area contributed by atoms with Gasteiger partial charge in [0.05, 0.1) is 19.2 Å². The van der Waals surface area contributed by atoms with E-state index in [4.69, 9.17) is 10.5 Å². The zero-order valence-corrected chi connectivity index (χ0v) is 12.4. The normalized spacial score (nSPS) is 15.3. The Hall–Kier alpha value is -1.62. The molecule has 1 unspecified atom stereocenters. The first-order chi connectivity index (χ1) is 9.40. The van der Waals surface area contributed by atoms with E-state index < -0.39 is 11.9 Å². The fourth-order valence-electron chi connectivity index (χ4n) is 1.86. The van der Waals surface area contributed by atoms with Crippen LogP contribution in [0.15, 0.2) is 18.2 Å². The lowest BCUT2D eigenvalue weighted by Crippen LogP contribution is -2.45. The molecule has 1 amide bonds. The Morgan fingerprint density at radius 2 is 2.10 bits per heavy atom. The van der Waals surface area contributed by atoms with Crippen molar-refractivity contribution in [2.45, 2.75) is 39.3 Å². The van der Waals surface area contributed by atoms with E-state index in [0.29, 0.717) is 5.56 Å². The minimum Gasteiger partial charge on any atom is -0.494 e. The molecule has 1 aromatic carbocycles. The number of rotatable bonds is 6. The third-order valence-electron chi connectivity index (χ3n) is 3.59. The minimum atomic E-state index is -0.550. The molecule has 0 aliphatic rings. The molecule has 0 radical (unpaired) electrons. The number of hydrogen-bond acceptors (Lipinski definition) is 3. The lowest BCUT2D eigenvalue weighted by molar-refractivity contribution is -0.124. The number of ether oxygens (including phenoxy) is 1. The molecular formula is C15H23FN2O2. The van der Waals surface area contributed by atoms with E-state index in [-0.39, 0.29) is 23.6 Å². The van der Waals surface area contributed by atoms with Crippen molar-refractivity contribution in [2.75, 3.05) is 7.11 Å². The van der Waals surface area contributed by atoms with Crippen LogP contribution in [0.1, 0.15) is 38.8 Å². The van der Waals surface area contributed by atoms with Crippen molar-refractivity contribution in [3.63, 3.8) is 0 Å². The molecule has 5 heteroatoms. The summed E-state index contributed by atoms with van der Waals surface area (Å²) < 4.78 is 18.5. The topological polar surface area (TPSA) is 64.4 Å². The summed E-state index contributed by atoms with van der Waals surface area (Å²) in [5.41, 5.74) is 6.54. The predicted octanol–water partition coefficient (Wildman–Crippen LogP) is 2.38. The van der Waals surface area contributed by atoms with E-state index in [9.17, 15) is 9.18 Å². The predicted molar refractivity (Wildman–Crippen MR) is 76.9 cm³/mol. The maximum absolute atomic E-state index is 13.6. The highest BCUT2D eigenvalue weighted by molar-refractivity contribution is 5.82. The zero-order chi connectivity index (χ0) is 15.3. The molecule has 0 heterocycles. The van der Waals surface area contributed by atoms with Gasteiger partial charge in [0.2, 0.25) is 5.91 Å². The third-order valence-corrected chi connectivity index (χ3v) is 3.59. The summed E-state index contributed by atoms with van der Waals surface area (Å²) in [6.45, 7) is 5.71. The number of carbonyl (C=O) groups excluding carboxylic acids is 1. The maximum atomic E-state index is 13.6. The molecule has 112 valence electrons. The summed E-state index contributed by atoms with van der Waals surface area (Å²) in [6.07, 6.45) is 0.833. The van der Waals surface area contributed by atoms with E-state index in [0.717, 1.165) is 6.42 Å². The van der Waals surface area contributed by atoms with Gasteiger partial charge in [0.1, 0.15) is 0 Å². The molecule has 0 aromatic heterocycles. The lowest BCUT2D eigenvalue weighted by atomic mass is 9.98. The highest BCUT2D eigenvalue weighted by atomic mass is 19.1. The van der Waals surface area contributed by atoms with Gasteiger partial charge in [-0.3, -0.25) is 4.79 Å². The summed E-state index contributed by atoms with van der Waals surface area (Å²) in [6, 6.07) is 3.77. The molecule has 0 bridgehead atoms. The van der Waals surface area contributed by atoms with E-state index in [1.165, 1.54) is 13.2 Å². The second-order valence-electron chi connectivity index (χ2n) is 5.04. The highest BCUT2D eigenvalue weighted by Gasteiger charge is 2.21. The van der Waals surface area contributed by atoms with Crippen molar-refractivity contribution in [3.05, 3.63) is 29.6 Å². The minimum absolute atomic E-state index is 0.106. The van der Waals surface area contributed by atoms with Crippen molar-refractivity contribution < 1.29 is 13.9 Å². The van der Waals surface area contributed by atoms with Crippen LogP contribution in [0.3, 0.4) is 0 Å². The molecular weight excluding hydrogens is 259 g/mol. The van der Waals surface area contributed by atoms with Gasteiger partial charge in [-0.25, -0.2) is 4.39 Å². The number of nitrogens with one attached hydrogen (secondary N) is 1. The Kier molecular flexibility index (Phi) is 5.95. The Morgan fingerprint density at radius 3 is 2.60 bits per heavy atom. The van der Waals surface area contributed by atoms with E-state index in [1.807, 2.05) is 13.8 Å². The number of carbonyl (C=O) groups is 1. The summed E-state index contributed by atoms with van der Waals surface area (Å²) >= 11 is 0. The Bertz CT molecular complexity index is 465. The van der Waals surface area contributed by atoms with Gasteiger partial charge in [-0.2, -0.15) is 0 Å². The summed E-state index contributed by atoms with van der Waals surface area (Å²) in [7, 11) is 1.41. The Labute approximate surface area is 119 Å². The number of halogens is 1. The number of methoxy groups -OCH3 is 1. The standard InChI is InChI=1S/C15H23FN2O2/c1-5-9(2)14(17)15(19)18-10(3)11-6-7-13(20-4)12(16)8-11/h6-10,14H,5,17H2,1-4H3,(H,18,19)/t9-,10?,14-/m0/s1. The van der Waals surface area contributed by atoms with Crippen LogP contribution in [0.25, 0.3) is 0 Å². The molecule has 3 N–H and O–H groups in total. The van der Waals surface area contributed by atoms with Gasteiger partial charge < -0.3 is 15.8 Å². The second-order valence-corrected chi connectivity index (χ2v) is 5.04. The van der Waals surface area contributed by atoms with E-state index in [2.05, 4.69) is 5.32 Å². The van der Waals surface area contributed by atoms with Crippen molar-refractivity contribution in [2.24, 2.45) is 11.7 Å². The van der Waals surface area contributed by atoms with Crippen molar-refractivity contribution >= 4 is 5.91 Å². The lowest BCUT2D eigenvalue weighted by Gasteiger charge is -2.21. The largest absolute Gasteiger partial charge is 0.494 e. The summed E-state index contributed by atoms with van der Waals surface area (Å²) in [5, 5.41) is 2.80. The maximum Gasteiger partial charge on any atom is 0.237 e. The van der Waals surface area contributed by atoms with E-state index in [1.54, 1.807) is 19.1 Å². The first-order valence-electron chi connectivity index (χ1n) is 6.80. The van der Waals surface area contributed by atoms with Gasteiger partial charge in [-0.15, -0.1) is 0 Å². The highest BCUT2D eigenvalue weighted by Crippen LogP contribution is 2.21. The number of nitrogens with two attached hydrogens (primary N) is 1. The Morgan fingerprint density at radius 1 is 1.45 bits per heavy atom. The van der Waals surface area contributed by atoms with Crippen LogP contribution in [0.2, 0.25) is 0 Å². The van der Waals surface area contributed by atoms with Crippen molar-refractivity contribution in [3.8, 4) is 5.75 Å². The molecule has 0 aliphatic heterocycles. The summed E-state index contributed by atoms with van der Waals surface area (Å²) in [5.74, 6) is -0.376. The molecule has 1 rings (SSSR count). The molecule has 1 aromatic rings. The van der Waals surface area contributed by atoms with Gasteiger partial charge in [-0.05, 0) is 30.5 Å². The number of hydrogen-bond donors (Lipinski definition) is 2. The molecule has 0 fully saturated rings. The van der Waals surface area contributed by atoms with E-state index >= 15 is 0 Å². The van der Waals surface area contributed by atoms with Crippen LogP contribution in [0.5, 0.6) is 5.75 Å². The molecule has 20 heavy (non-hydrogen) atoms. The van der Waals surface area contributed by atoms with Gasteiger partial charge in [0, 0.05) is 0 Å². The number of amides is 1. The van der Waals surface area contributed by atoms with Crippen LogP contribution in [0.4, 0.5) is 4.39 Å². The van der Waals surface area contributed by atoms with Gasteiger partial charge >= 0.3 is 0 Å². The van der Waals surface area contributed by atoms with Crippen LogP contribution in [-0.2, 0) is 4.79 Å². The van der Waals surface area contributed by atoms with Crippen LogP contribution in [-0.4, -0.2) is 19.1 Å². The molecule has 4 nitrogen and oxygen atoms in total. The second kappa shape index (κ2) is 7.24. The monoisotopic (exact) mass is 282 g/mol. The molecule has 0 aliphatic carbocycles. The summed E-state index contributed by atoms with van der Waals surface area (Å²) in [4.78, 5) is 12.0. The number of benzene rings is 1.